The quantitative estimate of drug-likeness (QED) is 0.917. The summed E-state index contributed by atoms with van der Waals surface area (Å²) in [5, 5.41) is 8.88. The Morgan fingerprint density at radius 2 is 1.58 bits per heavy atom. The van der Waals surface area contributed by atoms with E-state index in [1.165, 1.54) is 5.56 Å². The number of hydrogen-bond acceptors (Lipinski definition) is 2. The monoisotopic (exact) mass is 329 g/mol. The molecule has 1 heterocycles. The molecule has 24 heavy (non-hydrogen) atoms. The van der Waals surface area contributed by atoms with E-state index in [9.17, 15) is 9.59 Å². The maximum atomic E-state index is 12.7. The Balaban J connectivity index is 1.47. The number of amides is 1. The number of likely N-dealkylation sites (tertiary alicyclic amines) is 1. The fraction of sp³-hybridized carbons (Fsp3) is 0.600. The van der Waals surface area contributed by atoms with E-state index < -0.39 is 5.97 Å². The van der Waals surface area contributed by atoms with Crippen LogP contribution in [0, 0.1) is 11.8 Å². The van der Waals surface area contributed by atoms with E-state index in [0.29, 0.717) is 11.8 Å². The number of carbonyl (C=O) groups is 2. The molecule has 0 bridgehead atoms. The summed E-state index contributed by atoms with van der Waals surface area (Å²) in [5.41, 5.74) is 1.40. The van der Waals surface area contributed by atoms with Gasteiger partial charge in [0.25, 0.3) is 0 Å². The number of carbonyl (C=O) groups excluding carboxylic acids is 1. The Kier molecular flexibility index (Phi) is 5.54. The van der Waals surface area contributed by atoms with Gasteiger partial charge in [-0.05, 0) is 55.9 Å². The van der Waals surface area contributed by atoms with Crippen LogP contribution in [0.2, 0.25) is 0 Å². The van der Waals surface area contributed by atoms with Crippen molar-refractivity contribution < 1.29 is 14.7 Å². The molecule has 0 atom stereocenters. The largest absolute Gasteiger partial charge is 0.481 e. The smallest absolute Gasteiger partial charge is 0.303 e. The Morgan fingerprint density at radius 1 is 0.958 bits per heavy atom. The number of rotatable bonds is 4. The van der Waals surface area contributed by atoms with Gasteiger partial charge in [0.05, 0.1) is 0 Å². The van der Waals surface area contributed by atoms with Crippen LogP contribution >= 0.6 is 0 Å². The average molecular weight is 329 g/mol. The van der Waals surface area contributed by atoms with Crippen LogP contribution in [0.4, 0.5) is 0 Å². The van der Waals surface area contributed by atoms with Gasteiger partial charge in [-0.3, -0.25) is 9.59 Å². The van der Waals surface area contributed by atoms with E-state index in [2.05, 4.69) is 24.3 Å². The van der Waals surface area contributed by atoms with Crippen molar-refractivity contribution in [3.8, 4) is 0 Å². The number of piperidine rings is 1. The van der Waals surface area contributed by atoms with Crippen LogP contribution in [0.5, 0.6) is 0 Å². The predicted molar refractivity (Wildman–Crippen MR) is 92.7 cm³/mol. The molecule has 0 aromatic heterocycles. The highest BCUT2D eigenvalue weighted by molar-refractivity contribution is 5.79. The molecule has 2 aliphatic rings. The highest BCUT2D eigenvalue weighted by atomic mass is 16.4. The molecular formula is C20H27NO3. The van der Waals surface area contributed by atoms with Crippen molar-refractivity contribution in [1.82, 2.24) is 4.90 Å². The third-order valence-corrected chi connectivity index (χ3v) is 5.74. The summed E-state index contributed by atoms with van der Waals surface area (Å²) < 4.78 is 0. The lowest BCUT2D eigenvalue weighted by atomic mass is 9.78. The summed E-state index contributed by atoms with van der Waals surface area (Å²) in [7, 11) is 0. The van der Waals surface area contributed by atoms with Gasteiger partial charge >= 0.3 is 5.97 Å². The Labute approximate surface area is 143 Å². The van der Waals surface area contributed by atoms with Crippen LogP contribution in [0.3, 0.4) is 0 Å². The first-order valence-corrected chi connectivity index (χ1v) is 9.19. The maximum Gasteiger partial charge on any atom is 0.303 e. The summed E-state index contributed by atoms with van der Waals surface area (Å²) in [6.45, 7) is 1.46. The van der Waals surface area contributed by atoms with E-state index in [4.69, 9.17) is 5.11 Å². The predicted octanol–water partition coefficient (Wildman–Crippen LogP) is 3.67. The van der Waals surface area contributed by atoms with E-state index in [-0.39, 0.29) is 18.3 Å². The van der Waals surface area contributed by atoms with Crippen LogP contribution in [0.15, 0.2) is 30.3 Å². The van der Waals surface area contributed by atoms with Crippen LogP contribution < -0.4 is 0 Å². The summed E-state index contributed by atoms with van der Waals surface area (Å²) in [4.78, 5) is 25.5. The van der Waals surface area contributed by atoms with Crippen LogP contribution in [0.25, 0.3) is 0 Å². The minimum atomic E-state index is -0.723. The van der Waals surface area contributed by atoms with Crippen LogP contribution in [-0.4, -0.2) is 35.0 Å². The molecule has 0 radical (unpaired) electrons. The zero-order valence-electron chi connectivity index (χ0n) is 14.2. The topological polar surface area (TPSA) is 57.6 Å². The molecule has 3 rings (SSSR count). The fourth-order valence-electron chi connectivity index (χ4n) is 4.26. The molecule has 1 aromatic carbocycles. The molecule has 1 N–H and O–H groups in total. The van der Waals surface area contributed by atoms with Gasteiger partial charge in [-0.25, -0.2) is 0 Å². The lowest BCUT2D eigenvalue weighted by Crippen LogP contribution is -2.42. The van der Waals surface area contributed by atoms with Crippen LogP contribution in [-0.2, 0) is 9.59 Å². The summed E-state index contributed by atoms with van der Waals surface area (Å²) in [5.74, 6) is 0.576. The summed E-state index contributed by atoms with van der Waals surface area (Å²) in [6.07, 6.45) is 6.05. The molecule has 130 valence electrons. The fourth-order valence-corrected chi connectivity index (χ4v) is 4.26. The molecule has 1 saturated heterocycles. The van der Waals surface area contributed by atoms with E-state index in [1.807, 2.05) is 11.0 Å². The molecule has 1 amide bonds. The molecular weight excluding hydrogens is 302 g/mol. The molecule has 1 aromatic rings. The molecule has 1 aliphatic carbocycles. The SMILES string of the molecule is O=C(O)CC1CCN(C(=O)C2CCC(c3ccccc3)CC2)CC1. The van der Waals surface area contributed by atoms with Gasteiger partial charge in [-0.15, -0.1) is 0 Å². The van der Waals surface area contributed by atoms with Gasteiger partial charge in [0.1, 0.15) is 0 Å². The Bertz CT molecular complexity index is 556. The van der Waals surface area contributed by atoms with E-state index in [0.717, 1.165) is 51.6 Å². The van der Waals surface area contributed by atoms with Crippen molar-refractivity contribution in [3.05, 3.63) is 35.9 Å². The molecule has 0 spiro atoms. The standard InChI is InChI=1S/C20H27NO3/c22-19(23)14-15-10-12-21(13-11-15)20(24)18-8-6-17(7-9-18)16-4-2-1-3-5-16/h1-5,15,17-18H,6-14H2,(H,22,23). The zero-order chi connectivity index (χ0) is 16.9. The number of benzene rings is 1. The first-order chi connectivity index (χ1) is 11.6. The third kappa shape index (κ3) is 4.16. The average Bonchev–Trinajstić information content (AvgIpc) is 2.62. The minimum Gasteiger partial charge on any atom is -0.481 e. The number of carboxylic acids is 1. The number of carboxylic acid groups (broad SMARTS) is 1. The van der Waals surface area contributed by atoms with Gasteiger partial charge < -0.3 is 10.0 Å². The Hall–Kier alpha value is -1.84. The maximum absolute atomic E-state index is 12.7. The lowest BCUT2D eigenvalue weighted by molar-refractivity contribution is -0.139. The van der Waals surface area contributed by atoms with E-state index >= 15 is 0 Å². The van der Waals surface area contributed by atoms with Crippen molar-refractivity contribution in [2.75, 3.05) is 13.1 Å². The minimum absolute atomic E-state index is 0.168. The molecule has 4 nitrogen and oxygen atoms in total. The summed E-state index contributed by atoms with van der Waals surface area (Å²) >= 11 is 0. The molecule has 4 heteroatoms. The van der Waals surface area contributed by atoms with Crippen molar-refractivity contribution >= 4 is 11.9 Å². The highest BCUT2D eigenvalue weighted by Crippen LogP contribution is 2.37. The van der Waals surface area contributed by atoms with Gasteiger partial charge in [-0.2, -0.15) is 0 Å². The van der Waals surface area contributed by atoms with Gasteiger partial charge in [0.15, 0.2) is 0 Å². The zero-order valence-corrected chi connectivity index (χ0v) is 14.2. The highest BCUT2D eigenvalue weighted by Gasteiger charge is 2.32. The van der Waals surface area contributed by atoms with Gasteiger partial charge in [-0.1, -0.05) is 30.3 Å². The first kappa shape index (κ1) is 17.0. The van der Waals surface area contributed by atoms with Gasteiger partial charge in [0.2, 0.25) is 5.91 Å². The van der Waals surface area contributed by atoms with Crippen molar-refractivity contribution in [2.45, 2.75) is 50.9 Å². The number of hydrogen-bond donors (Lipinski definition) is 1. The second-order valence-corrected chi connectivity index (χ2v) is 7.33. The molecule has 1 saturated carbocycles. The number of nitrogens with zero attached hydrogens (tertiary/aromatic N) is 1. The molecule has 0 unspecified atom stereocenters. The van der Waals surface area contributed by atoms with Gasteiger partial charge in [0, 0.05) is 25.4 Å². The lowest BCUT2D eigenvalue weighted by Gasteiger charge is -2.36. The van der Waals surface area contributed by atoms with Crippen molar-refractivity contribution in [3.63, 3.8) is 0 Å². The second kappa shape index (κ2) is 7.82. The van der Waals surface area contributed by atoms with Crippen molar-refractivity contribution in [2.24, 2.45) is 11.8 Å². The third-order valence-electron chi connectivity index (χ3n) is 5.74. The first-order valence-electron chi connectivity index (χ1n) is 9.19. The Morgan fingerprint density at radius 3 is 2.17 bits per heavy atom. The summed E-state index contributed by atoms with van der Waals surface area (Å²) in [6, 6.07) is 10.6. The van der Waals surface area contributed by atoms with E-state index in [1.54, 1.807) is 0 Å². The normalized spacial score (nSPS) is 25.4. The second-order valence-electron chi connectivity index (χ2n) is 7.33. The van der Waals surface area contributed by atoms with Crippen LogP contribution in [0.1, 0.15) is 56.4 Å². The molecule has 2 fully saturated rings. The molecule has 1 aliphatic heterocycles. The number of aliphatic carboxylic acids is 1. The van der Waals surface area contributed by atoms with Crippen molar-refractivity contribution in [1.29, 1.82) is 0 Å².